The molecule has 3 aromatic rings. The first kappa shape index (κ1) is 16.9. The van der Waals surface area contributed by atoms with Gasteiger partial charge in [0.2, 0.25) is 9.84 Å². The highest BCUT2D eigenvalue weighted by Gasteiger charge is 2.24. The third kappa shape index (κ3) is 2.73. The summed E-state index contributed by atoms with van der Waals surface area (Å²) >= 11 is 0. The Morgan fingerprint density at radius 3 is 2.62 bits per heavy atom. The summed E-state index contributed by atoms with van der Waals surface area (Å²) in [6.07, 6.45) is 1.54. The van der Waals surface area contributed by atoms with Crippen LogP contribution in [0.25, 0.3) is 10.9 Å². The zero-order valence-electron chi connectivity index (χ0n) is 14.5. The fourth-order valence-electron chi connectivity index (χ4n) is 3.39. The van der Waals surface area contributed by atoms with Crippen molar-refractivity contribution in [1.29, 1.82) is 0 Å². The largest absolute Gasteiger partial charge is 0.508 e. The summed E-state index contributed by atoms with van der Waals surface area (Å²) in [6.45, 7) is 5.31. The van der Waals surface area contributed by atoms with E-state index in [1.807, 2.05) is 18.2 Å². The lowest BCUT2D eigenvalue weighted by Gasteiger charge is -2.29. The maximum absolute atomic E-state index is 13.1. The van der Waals surface area contributed by atoms with Gasteiger partial charge < -0.3 is 20.3 Å². The predicted octanol–water partition coefficient (Wildman–Crippen LogP) is 2.42. The molecule has 6 nitrogen and oxygen atoms in total. The first-order valence-electron chi connectivity index (χ1n) is 8.59. The molecule has 1 fully saturated rings. The molecule has 1 aliphatic heterocycles. The van der Waals surface area contributed by atoms with Crippen molar-refractivity contribution in [2.45, 2.75) is 16.7 Å². The minimum atomic E-state index is -3.73. The Kier molecular flexibility index (Phi) is 4.13. The highest BCUT2D eigenvalue weighted by atomic mass is 32.2. The maximum Gasteiger partial charge on any atom is 0.208 e. The topological polar surface area (TPSA) is 85.4 Å². The number of sulfone groups is 1. The molecular formula is C19H21N3O3S. The molecule has 0 aliphatic carbocycles. The summed E-state index contributed by atoms with van der Waals surface area (Å²) in [7, 11) is -3.73. The SMILES string of the molecule is Cc1ccc(S(=O)(=O)c2c[nH]c3c(N4CCNCC4)cccc23)cc1O. The summed E-state index contributed by atoms with van der Waals surface area (Å²) in [5.41, 5.74) is 2.48. The van der Waals surface area contributed by atoms with Crippen LogP contribution in [0.15, 0.2) is 52.4 Å². The van der Waals surface area contributed by atoms with Crippen molar-refractivity contribution in [2.24, 2.45) is 0 Å². The Bertz CT molecular complexity index is 1070. The number of hydrogen-bond acceptors (Lipinski definition) is 5. The number of aromatic amines is 1. The number of aromatic nitrogens is 1. The van der Waals surface area contributed by atoms with Crippen LogP contribution in [0.2, 0.25) is 0 Å². The number of piperazine rings is 1. The molecule has 0 bridgehead atoms. The monoisotopic (exact) mass is 371 g/mol. The Morgan fingerprint density at radius 2 is 1.88 bits per heavy atom. The zero-order chi connectivity index (χ0) is 18.3. The van der Waals surface area contributed by atoms with Crippen molar-refractivity contribution in [3.8, 4) is 5.75 Å². The normalized spacial score (nSPS) is 15.5. The minimum Gasteiger partial charge on any atom is -0.508 e. The van der Waals surface area contributed by atoms with Crippen LogP contribution in [0.5, 0.6) is 5.75 Å². The summed E-state index contributed by atoms with van der Waals surface area (Å²) in [4.78, 5) is 5.73. The van der Waals surface area contributed by atoms with Crippen molar-refractivity contribution >= 4 is 26.4 Å². The molecule has 0 saturated carbocycles. The maximum atomic E-state index is 13.1. The van der Waals surface area contributed by atoms with Gasteiger partial charge in [-0.2, -0.15) is 0 Å². The number of rotatable bonds is 3. The molecule has 2 heterocycles. The molecule has 0 amide bonds. The lowest BCUT2D eigenvalue weighted by atomic mass is 10.2. The molecule has 136 valence electrons. The molecule has 1 aromatic heterocycles. The van der Waals surface area contributed by atoms with E-state index in [2.05, 4.69) is 15.2 Å². The molecule has 1 saturated heterocycles. The molecule has 3 N–H and O–H groups in total. The molecule has 0 unspecified atom stereocenters. The van der Waals surface area contributed by atoms with E-state index in [9.17, 15) is 13.5 Å². The highest BCUT2D eigenvalue weighted by molar-refractivity contribution is 7.91. The molecular weight excluding hydrogens is 350 g/mol. The van der Waals surface area contributed by atoms with E-state index in [-0.39, 0.29) is 15.5 Å². The lowest BCUT2D eigenvalue weighted by molar-refractivity contribution is 0.469. The number of H-pyrrole nitrogens is 1. The summed E-state index contributed by atoms with van der Waals surface area (Å²) in [5.74, 6) is -0.0209. The number of benzene rings is 2. The smallest absolute Gasteiger partial charge is 0.208 e. The second-order valence-corrected chi connectivity index (χ2v) is 8.46. The molecule has 26 heavy (non-hydrogen) atoms. The van der Waals surface area contributed by atoms with Crippen LogP contribution < -0.4 is 10.2 Å². The number of nitrogens with zero attached hydrogens (tertiary/aromatic N) is 1. The molecule has 7 heteroatoms. The van der Waals surface area contributed by atoms with Gasteiger partial charge in [-0.15, -0.1) is 0 Å². The van der Waals surface area contributed by atoms with E-state index < -0.39 is 9.84 Å². The van der Waals surface area contributed by atoms with Crippen LogP contribution >= 0.6 is 0 Å². The van der Waals surface area contributed by atoms with Gasteiger partial charge in [0.15, 0.2) is 0 Å². The molecule has 0 spiro atoms. The van der Waals surface area contributed by atoms with Crippen molar-refractivity contribution in [2.75, 3.05) is 31.1 Å². The number of nitrogens with one attached hydrogen (secondary N) is 2. The van der Waals surface area contributed by atoms with Crippen molar-refractivity contribution < 1.29 is 13.5 Å². The summed E-state index contributed by atoms with van der Waals surface area (Å²) < 4.78 is 26.2. The Hall–Kier alpha value is -2.51. The van der Waals surface area contributed by atoms with Crippen molar-refractivity contribution in [3.05, 3.63) is 48.2 Å². The van der Waals surface area contributed by atoms with Gasteiger partial charge in [0.25, 0.3) is 0 Å². The molecule has 0 atom stereocenters. The number of phenolic OH excluding ortho intramolecular Hbond substituents is 1. The van der Waals surface area contributed by atoms with E-state index in [1.165, 1.54) is 12.1 Å². The van der Waals surface area contributed by atoms with Gasteiger partial charge in [-0.05, 0) is 30.7 Å². The summed E-state index contributed by atoms with van der Waals surface area (Å²) in [6, 6.07) is 10.2. The Morgan fingerprint density at radius 1 is 1.12 bits per heavy atom. The second kappa shape index (κ2) is 6.34. The van der Waals surface area contributed by atoms with Crippen LogP contribution in [-0.4, -0.2) is 44.7 Å². The molecule has 2 aromatic carbocycles. The number of fused-ring (bicyclic) bond motifs is 1. The molecule has 4 rings (SSSR count). The third-order valence-corrected chi connectivity index (χ3v) is 6.68. The van der Waals surface area contributed by atoms with Gasteiger partial charge in [0, 0.05) is 37.8 Å². The average Bonchev–Trinajstić information content (AvgIpc) is 3.09. The number of phenols is 1. The van der Waals surface area contributed by atoms with Crippen LogP contribution in [0.4, 0.5) is 5.69 Å². The van der Waals surface area contributed by atoms with Crippen molar-refractivity contribution in [3.63, 3.8) is 0 Å². The zero-order valence-corrected chi connectivity index (χ0v) is 15.3. The number of aromatic hydroxyl groups is 1. The van der Waals surface area contributed by atoms with E-state index in [4.69, 9.17) is 0 Å². The second-order valence-electron chi connectivity index (χ2n) is 6.54. The fraction of sp³-hybridized carbons (Fsp3) is 0.263. The van der Waals surface area contributed by atoms with E-state index in [1.54, 1.807) is 19.2 Å². The summed E-state index contributed by atoms with van der Waals surface area (Å²) in [5, 5.41) is 13.9. The number of aryl methyl sites for hydroxylation is 1. The predicted molar refractivity (Wildman–Crippen MR) is 102 cm³/mol. The first-order chi connectivity index (χ1) is 12.5. The average molecular weight is 371 g/mol. The third-order valence-electron chi connectivity index (χ3n) is 4.89. The number of para-hydroxylation sites is 1. The fourth-order valence-corrected chi connectivity index (χ4v) is 4.83. The lowest BCUT2D eigenvalue weighted by Crippen LogP contribution is -2.43. The highest BCUT2D eigenvalue weighted by Crippen LogP contribution is 2.34. The molecule has 0 radical (unpaired) electrons. The quantitative estimate of drug-likeness (QED) is 0.658. The van der Waals surface area contributed by atoms with Gasteiger partial charge in [-0.25, -0.2) is 8.42 Å². The van der Waals surface area contributed by atoms with Crippen LogP contribution in [0, 0.1) is 6.92 Å². The molecule has 1 aliphatic rings. The Balaban J connectivity index is 1.83. The van der Waals surface area contributed by atoms with Gasteiger partial charge in [0.05, 0.1) is 21.0 Å². The standard InChI is InChI=1S/C19H21N3O3S/c1-13-5-6-14(11-17(13)23)26(24,25)18-12-21-19-15(18)3-2-4-16(19)22-9-7-20-8-10-22/h2-6,11-12,20-21,23H,7-10H2,1H3. The van der Waals surface area contributed by atoms with E-state index >= 15 is 0 Å². The van der Waals surface area contributed by atoms with Gasteiger partial charge in [-0.3, -0.25) is 0 Å². The van der Waals surface area contributed by atoms with Gasteiger partial charge >= 0.3 is 0 Å². The van der Waals surface area contributed by atoms with Crippen LogP contribution in [0.1, 0.15) is 5.56 Å². The van der Waals surface area contributed by atoms with Crippen LogP contribution in [-0.2, 0) is 9.84 Å². The first-order valence-corrected chi connectivity index (χ1v) is 10.1. The minimum absolute atomic E-state index is 0.0209. The van der Waals surface area contributed by atoms with Gasteiger partial charge in [-0.1, -0.05) is 18.2 Å². The van der Waals surface area contributed by atoms with Crippen molar-refractivity contribution in [1.82, 2.24) is 10.3 Å². The van der Waals surface area contributed by atoms with E-state index in [0.717, 1.165) is 37.4 Å². The van der Waals surface area contributed by atoms with Gasteiger partial charge in [0.1, 0.15) is 5.75 Å². The van der Waals surface area contributed by atoms with Crippen LogP contribution in [0.3, 0.4) is 0 Å². The number of anilines is 1. The Labute approximate surface area is 152 Å². The number of hydrogen-bond donors (Lipinski definition) is 3. The van der Waals surface area contributed by atoms with E-state index in [0.29, 0.717) is 10.9 Å².